The van der Waals surface area contributed by atoms with Crippen LogP contribution < -0.4 is 0 Å². The van der Waals surface area contributed by atoms with Crippen LogP contribution in [0.2, 0.25) is 0 Å². The number of methoxy groups -OCH3 is 3. The van der Waals surface area contributed by atoms with Gasteiger partial charge in [0.25, 0.3) is 0 Å². The van der Waals surface area contributed by atoms with E-state index in [2.05, 4.69) is 14.2 Å². The van der Waals surface area contributed by atoms with E-state index >= 15 is 0 Å². The molecule has 0 unspecified atom stereocenters. The molecule has 2 N–H and O–H groups in total. The van der Waals surface area contributed by atoms with Crippen molar-refractivity contribution in [3.63, 3.8) is 0 Å². The number of carbonyl (C=O) groups is 4. The number of benzene rings is 2. The first-order valence-corrected chi connectivity index (χ1v) is 7.76. The molecule has 2 aromatic rings. The summed E-state index contributed by atoms with van der Waals surface area (Å²) in [6, 6.07) is 6.35. The third-order valence-corrected chi connectivity index (χ3v) is 3.88. The summed E-state index contributed by atoms with van der Waals surface area (Å²) in [5.74, 6) is -5.58. The van der Waals surface area contributed by atoms with Crippen molar-refractivity contribution >= 4 is 23.7 Å². The van der Waals surface area contributed by atoms with Gasteiger partial charge in [-0.05, 0) is 18.2 Å². The molecule has 0 fully saturated rings. The highest BCUT2D eigenvalue weighted by atomic mass is 16.5. The number of ketones is 1. The van der Waals surface area contributed by atoms with Crippen LogP contribution in [0.15, 0.2) is 30.3 Å². The minimum absolute atomic E-state index is 0.204. The van der Waals surface area contributed by atoms with Crippen molar-refractivity contribution in [2.45, 2.75) is 0 Å². The van der Waals surface area contributed by atoms with E-state index in [0.29, 0.717) is 0 Å². The Labute approximate surface area is 159 Å². The summed E-state index contributed by atoms with van der Waals surface area (Å²) in [5, 5.41) is 20.3. The van der Waals surface area contributed by atoms with Gasteiger partial charge in [-0.3, -0.25) is 4.79 Å². The van der Waals surface area contributed by atoms with Crippen LogP contribution in [0.1, 0.15) is 47.0 Å². The predicted molar refractivity (Wildman–Crippen MR) is 93.7 cm³/mol. The van der Waals surface area contributed by atoms with Gasteiger partial charge in [-0.2, -0.15) is 0 Å². The third kappa shape index (κ3) is 3.50. The smallest absolute Gasteiger partial charge is 0.342 e. The number of para-hydroxylation sites is 1. The van der Waals surface area contributed by atoms with Gasteiger partial charge < -0.3 is 24.4 Å². The summed E-state index contributed by atoms with van der Waals surface area (Å²) in [6.45, 7) is 0. The number of aromatic hydroxyl groups is 2. The Morgan fingerprint density at radius 3 is 1.79 bits per heavy atom. The molecule has 9 nitrogen and oxygen atoms in total. The largest absolute Gasteiger partial charge is 0.507 e. The van der Waals surface area contributed by atoms with Gasteiger partial charge in [0.1, 0.15) is 22.6 Å². The lowest BCUT2D eigenvalue weighted by atomic mass is 9.90. The summed E-state index contributed by atoms with van der Waals surface area (Å²) < 4.78 is 13.7. The van der Waals surface area contributed by atoms with Gasteiger partial charge in [-0.15, -0.1) is 0 Å². The van der Waals surface area contributed by atoms with E-state index < -0.39 is 57.4 Å². The highest BCUT2D eigenvalue weighted by molar-refractivity contribution is 6.20. The highest BCUT2D eigenvalue weighted by Gasteiger charge is 2.34. The Kier molecular flexibility index (Phi) is 5.99. The van der Waals surface area contributed by atoms with E-state index in [1.54, 1.807) is 0 Å². The van der Waals surface area contributed by atoms with Crippen molar-refractivity contribution in [2.24, 2.45) is 0 Å². The number of hydrogen-bond acceptors (Lipinski definition) is 9. The number of ether oxygens (including phenoxy) is 3. The molecule has 0 heterocycles. The van der Waals surface area contributed by atoms with Gasteiger partial charge in [-0.1, -0.05) is 12.1 Å². The molecular weight excluding hydrogens is 372 g/mol. The number of phenolic OH excluding ortho intramolecular Hbond substituents is 2. The molecule has 0 bridgehead atoms. The lowest BCUT2D eigenvalue weighted by molar-refractivity contribution is 0.0546. The Hall–Kier alpha value is -3.88. The van der Waals surface area contributed by atoms with Gasteiger partial charge >= 0.3 is 17.9 Å². The van der Waals surface area contributed by atoms with Gasteiger partial charge in [0.2, 0.25) is 0 Å². The van der Waals surface area contributed by atoms with Gasteiger partial charge in [0.15, 0.2) is 5.78 Å². The normalized spacial score (nSPS) is 10.1. The fraction of sp³-hybridized carbons (Fsp3) is 0.158. The second-order valence-corrected chi connectivity index (χ2v) is 5.39. The van der Waals surface area contributed by atoms with Gasteiger partial charge in [0, 0.05) is 5.56 Å². The molecule has 146 valence electrons. The molecule has 0 amide bonds. The average Bonchev–Trinajstić information content (AvgIpc) is 2.71. The zero-order valence-electron chi connectivity index (χ0n) is 15.1. The van der Waals surface area contributed by atoms with Gasteiger partial charge in [0.05, 0.1) is 32.5 Å². The first-order chi connectivity index (χ1) is 13.3. The zero-order chi connectivity index (χ0) is 21.0. The van der Waals surface area contributed by atoms with E-state index in [1.807, 2.05) is 0 Å². The summed E-state index contributed by atoms with van der Waals surface area (Å²) in [7, 11) is 3.01. The molecule has 0 saturated heterocycles. The fourth-order valence-corrected chi connectivity index (χ4v) is 2.54. The summed E-state index contributed by atoms with van der Waals surface area (Å²) in [6.07, 6.45) is 0. The molecule has 0 radical (unpaired) electrons. The molecule has 28 heavy (non-hydrogen) atoms. The SMILES string of the molecule is COC(=O)c1cc(C(=O)c2ccccc2O)c(C(=O)OC)c(C(=O)OC)c1O. The molecule has 2 aromatic carbocycles. The standard InChI is InChI=1S/C19H16O9/c1-26-17(23)11-8-10(15(21)9-6-4-5-7-12(9)20)13(18(24)27-2)14(16(11)22)19(25)28-3/h4-8,20,22H,1-3H3. The van der Waals surface area contributed by atoms with Crippen LogP contribution in [0.5, 0.6) is 11.5 Å². The Morgan fingerprint density at radius 1 is 0.714 bits per heavy atom. The summed E-state index contributed by atoms with van der Waals surface area (Å²) in [4.78, 5) is 49.5. The summed E-state index contributed by atoms with van der Waals surface area (Å²) >= 11 is 0. The molecule has 0 aliphatic heterocycles. The van der Waals surface area contributed by atoms with E-state index in [1.165, 1.54) is 24.3 Å². The van der Waals surface area contributed by atoms with Crippen LogP contribution >= 0.6 is 0 Å². The lowest BCUT2D eigenvalue weighted by Gasteiger charge is -2.16. The Bertz CT molecular complexity index is 976. The third-order valence-electron chi connectivity index (χ3n) is 3.88. The number of carbonyl (C=O) groups excluding carboxylic acids is 4. The molecule has 0 saturated carbocycles. The highest BCUT2D eigenvalue weighted by Crippen LogP contribution is 2.33. The quantitative estimate of drug-likeness (QED) is 0.445. The van der Waals surface area contributed by atoms with E-state index in [-0.39, 0.29) is 5.56 Å². The first kappa shape index (κ1) is 20.4. The minimum Gasteiger partial charge on any atom is -0.507 e. The topological polar surface area (TPSA) is 136 Å². The number of phenols is 2. The van der Waals surface area contributed by atoms with Crippen molar-refractivity contribution in [2.75, 3.05) is 21.3 Å². The van der Waals surface area contributed by atoms with E-state index in [4.69, 9.17) is 0 Å². The van der Waals surface area contributed by atoms with Crippen molar-refractivity contribution in [1.82, 2.24) is 0 Å². The van der Waals surface area contributed by atoms with E-state index in [0.717, 1.165) is 27.4 Å². The van der Waals surface area contributed by atoms with Crippen LogP contribution in [0.3, 0.4) is 0 Å². The predicted octanol–water partition coefficient (Wildman–Crippen LogP) is 1.69. The van der Waals surface area contributed by atoms with Crippen LogP contribution in [0.4, 0.5) is 0 Å². The number of esters is 3. The molecular formula is C19H16O9. The van der Waals surface area contributed by atoms with Crippen LogP contribution in [0.25, 0.3) is 0 Å². The first-order valence-electron chi connectivity index (χ1n) is 7.76. The van der Waals surface area contributed by atoms with Gasteiger partial charge in [-0.25, -0.2) is 14.4 Å². The van der Waals surface area contributed by atoms with Crippen molar-refractivity contribution < 1.29 is 43.6 Å². The second-order valence-electron chi connectivity index (χ2n) is 5.39. The minimum atomic E-state index is -1.19. The van der Waals surface area contributed by atoms with Crippen molar-refractivity contribution in [3.8, 4) is 11.5 Å². The molecule has 0 aliphatic carbocycles. The summed E-state index contributed by atoms with van der Waals surface area (Å²) in [5.41, 5.74) is -2.57. The average molecular weight is 388 g/mol. The zero-order valence-corrected chi connectivity index (χ0v) is 15.1. The van der Waals surface area contributed by atoms with Crippen LogP contribution in [-0.4, -0.2) is 55.2 Å². The number of rotatable bonds is 5. The Balaban J connectivity index is 2.95. The monoisotopic (exact) mass is 388 g/mol. The lowest BCUT2D eigenvalue weighted by Crippen LogP contribution is -2.20. The molecule has 0 atom stereocenters. The molecule has 0 aromatic heterocycles. The number of hydrogen-bond donors (Lipinski definition) is 2. The molecule has 0 aliphatic rings. The van der Waals surface area contributed by atoms with Crippen LogP contribution in [-0.2, 0) is 14.2 Å². The molecule has 0 spiro atoms. The van der Waals surface area contributed by atoms with E-state index in [9.17, 15) is 29.4 Å². The second kappa shape index (κ2) is 8.21. The maximum absolute atomic E-state index is 13.0. The molecule has 2 rings (SSSR count). The fourth-order valence-electron chi connectivity index (χ4n) is 2.54. The maximum Gasteiger partial charge on any atom is 0.342 e. The van der Waals surface area contributed by atoms with Crippen molar-refractivity contribution in [1.29, 1.82) is 0 Å². The van der Waals surface area contributed by atoms with Crippen LogP contribution in [0, 0.1) is 0 Å². The van der Waals surface area contributed by atoms with Crippen molar-refractivity contribution in [3.05, 3.63) is 58.1 Å². The Morgan fingerprint density at radius 2 is 1.25 bits per heavy atom. The maximum atomic E-state index is 13.0. The molecule has 9 heteroatoms.